The molecule has 1 aromatic heterocycles. The number of alkyl halides is 1. The van der Waals surface area contributed by atoms with Gasteiger partial charge in [0.15, 0.2) is 12.4 Å². The van der Waals surface area contributed by atoms with Crippen molar-refractivity contribution in [2.24, 2.45) is 5.11 Å². The van der Waals surface area contributed by atoms with Crippen LogP contribution in [-0.2, 0) is 14.3 Å². The number of esters is 1. The summed E-state index contributed by atoms with van der Waals surface area (Å²) in [5.74, 6) is -0.591. The fourth-order valence-electron chi connectivity index (χ4n) is 3.25. The highest BCUT2D eigenvalue weighted by Gasteiger charge is 2.56. The monoisotopic (exact) mass is 426 g/mol. The Morgan fingerprint density at radius 1 is 1.50 bits per heavy atom. The van der Waals surface area contributed by atoms with E-state index in [1.807, 2.05) is 0 Å². The second-order valence-corrected chi connectivity index (χ2v) is 7.22. The van der Waals surface area contributed by atoms with Crippen molar-refractivity contribution in [1.29, 1.82) is 0 Å². The number of aliphatic hydroxyl groups excluding tert-OH is 1. The van der Waals surface area contributed by atoms with Crippen LogP contribution in [0.5, 0.6) is 0 Å². The van der Waals surface area contributed by atoms with E-state index < -0.39 is 48.9 Å². The molecule has 0 saturated carbocycles. The normalized spacial score (nSPS) is 25.6. The van der Waals surface area contributed by atoms with Gasteiger partial charge < -0.3 is 20.3 Å². The van der Waals surface area contributed by atoms with E-state index in [-0.39, 0.29) is 12.2 Å². The molecule has 4 atom stereocenters. The number of carbonyl (C=O) groups is 1. The highest BCUT2D eigenvalue weighted by molar-refractivity contribution is 5.69. The summed E-state index contributed by atoms with van der Waals surface area (Å²) < 4.78 is 26.5. The Morgan fingerprint density at radius 2 is 2.23 bits per heavy atom. The van der Waals surface area contributed by atoms with Gasteiger partial charge in [-0.15, -0.1) is 0 Å². The Kier molecular flexibility index (Phi) is 8.58. The summed E-state index contributed by atoms with van der Waals surface area (Å²) in [5, 5.41) is 13.8. The molecule has 2 heterocycles. The van der Waals surface area contributed by atoms with E-state index in [0.717, 1.165) is 30.3 Å². The zero-order valence-electron chi connectivity index (χ0n) is 16.8. The first-order valence-corrected chi connectivity index (χ1v) is 9.85. The maximum Gasteiger partial charge on any atom is 0.351 e. The summed E-state index contributed by atoms with van der Waals surface area (Å²) in [5.41, 5.74) is 11.4. The average Bonchev–Trinajstić information content (AvgIpc) is 2.96. The fourth-order valence-corrected chi connectivity index (χ4v) is 3.25. The van der Waals surface area contributed by atoms with E-state index in [4.69, 9.17) is 20.7 Å². The zero-order chi connectivity index (χ0) is 22.1. The Hall–Kier alpha value is -2.69. The van der Waals surface area contributed by atoms with Crippen LogP contribution in [0, 0.1) is 0 Å². The molecule has 0 spiro atoms. The number of ether oxygens (including phenoxy) is 2. The molecule has 1 aliphatic rings. The van der Waals surface area contributed by atoms with Gasteiger partial charge in [0, 0.05) is 17.5 Å². The molecule has 1 aromatic rings. The van der Waals surface area contributed by atoms with Gasteiger partial charge in [0.2, 0.25) is 0 Å². The zero-order valence-corrected chi connectivity index (χ0v) is 16.8. The second-order valence-electron chi connectivity index (χ2n) is 7.22. The van der Waals surface area contributed by atoms with Crippen LogP contribution < -0.4 is 11.4 Å². The maximum absolute atomic E-state index is 14.8. The van der Waals surface area contributed by atoms with Crippen molar-refractivity contribution in [3.8, 4) is 0 Å². The number of hydrogen-bond acceptors (Lipinski definition) is 8. The van der Waals surface area contributed by atoms with Gasteiger partial charge in [-0.1, -0.05) is 37.7 Å². The lowest BCUT2D eigenvalue weighted by Crippen LogP contribution is -2.49. The number of hydrogen-bond donors (Lipinski definition) is 2. The minimum Gasteiger partial charge on any atom is -0.462 e. The molecule has 11 nitrogen and oxygen atoms in total. The van der Waals surface area contributed by atoms with Gasteiger partial charge in [0.1, 0.15) is 24.1 Å². The van der Waals surface area contributed by atoms with Crippen LogP contribution in [0.2, 0.25) is 0 Å². The molecular weight excluding hydrogens is 399 g/mol. The SMILES string of the molecule is CCCCCCCC(=O)OC[C@@]1(CN=[N+]=[N-])OC(n2ccc(N)nc2=O)[C@H](F)[C@@H]1O. The fraction of sp³-hybridized carbons (Fsp3) is 0.722. The van der Waals surface area contributed by atoms with Crippen molar-refractivity contribution in [2.75, 3.05) is 18.9 Å². The van der Waals surface area contributed by atoms with E-state index in [1.54, 1.807) is 0 Å². The third-order valence-corrected chi connectivity index (χ3v) is 4.96. The van der Waals surface area contributed by atoms with Gasteiger partial charge >= 0.3 is 11.7 Å². The van der Waals surface area contributed by atoms with Gasteiger partial charge in [0.05, 0.1) is 6.54 Å². The Morgan fingerprint density at radius 3 is 2.90 bits per heavy atom. The van der Waals surface area contributed by atoms with Crippen LogP contribution in [-0.4, -0.2) is 51.7 Å². The van der Waals surface area contributed by atoms with Crippen LogP contribution in [0.1, 0.15) is 51.7 Å². The van der Waals surface area contributed by atoms with E-state index in [1.165, 1.54) is 12.3 Å². The summed E-state index contributed by atoms with van der Waals surface area (Å²) in [6, 6.07) is 1.27. The largest absolute Gasteiger partial charge is 0.462 e. The van der Waals surface area contributed by atoms with Crippen LogP contribution in [0.25, 0.3) is 10.4 Å². The molecule has 30 heavy (non-hydrogen) atoms. The molecule has 3 N–H and O–H groups in total. The standard InChI is InChI=1S/C18H27FN6O5/c1-2-3-4-5-6-7-13(26)29-11-18(10-22-24-21)15(27)14(19)16(30-18)25-9-8-12(20)23-17(25)28/h8-9,14-16,27H,2-7,10-11H2,1H3,(H2,20,23,28)/t14-,15+,16?,18-/m1/s1. The first kappa shape index (κ1) is 23.6. The van der Waals surface area contributed by atoms with Crippen molar-refractivity contribution in [1.82, 2.24) is 9.55 Å². The molecule has 0 radical (unpaired) electrons. The average molecular weight is 426 g/mol. The van der Waals surface area contributed by atoms with E-state index >= 15 is 0 Å². The number of nitrogens with two attached hydrogens (primary N) is 1. The summed E-state index contributed by atoms with van der Waals surface area (Å²) in [7, 11) is 0. The highest BCUT2D eigenvalue weighted by atomic mass is 19.1. The number of rotatable bonds is 11. The number of nitrogen functional groups attached to an aromatic ring is 1. The van der Waals surface area contributed by atoms with Gasteiger partial charge in [-0.05, 0) is 18.0 Å². The number of aliphatic hydroxyl groups is 1. The number of nitrogens with zero attached hydrogens (tertiary/aromatic N) is 5. The van der Waals surface area contributed by atoms with Crippen molar-refractivity contribution in [3.05, 3.63) is 33.2 Å². The smallest absolute Gasteiger partial charge is 0.351 e. The summed E-state index contributed by atoms with van der Waals surface area (Å²) >= 11 is 0. The molecule has 166 valence electrons. The highest BCUT2D eigenvalue weighted by Crippen LogP contribution is 2.39. The van der Waals surface area contributed by atoms with Crippen molar-refractivity contribution in [2.45, 2.75) is 69.6 Å². The minimum absolute atomic E-state index is 0.0570. The number of aromatic nitrogens is 2. The lowest BCUT2D eigenvalue weighted by atomic mass is 9.96. The Labute approximate surface area is 172 Å². The van der Waals surface area contributed by atoms with Crippen molar-refractivity contribution >= 4 is 11.8 Å². The molecule has 1 aliphatic heterocycles. The minimum atomic E-state index is -2.06. The lowest BCUT2D eigenvalue weighted by molar-refractivity contribution is -0.164. The number of unbranched alkanes of at least 4 members (excludes halogenated alkanes) is 4. The van der Waals surface area contributed by atoms with E-state index in [2.05, 4.69) is 21.9 Å². The number of azide groups is 1. The Bertz CT molecular complexity index is 830. The summed E-state index contributed by atoms with van der Waals surface area (Å²) in [6.07, 6.45) is 0.638. The summed E-state index contributed by atoms with van der Waals surface area (Å²) in [6.45, 7) is 1.06. The predicted octanol–water partition coefficient (Wildman–Crippen LogP) is 2.01. The molecule has 1 unspecified atom stereocenters. The first-order valence-electron chi connectivity index (χ1n) is 9.85. The molecule has 0 aromatic carbocycles. The van der Waals surface area contributed by atoms with Crippen LogP contribution >= 0.6 is 0 Å². The number of anilines is 1. The molecule has 0 aliphatic carbocycles. The van der Waals surface area contributed by atoms with Crippen LogP contribution in [0.3, 0.4) is 0 Å². The van der Waals surface area contributed by atoms with E-state index in [9.17, 15) is 19.1 Å². The van der Waals surface area contributed by atoms with E-state index in [0.29, 0.717) is 6.42 Å². The van der Waals surface area contributed by atoms with Crippen LogP contribution in [0.15, 0.2) is 22.2 Å². The van der Waals surface area contributed by atoms with Crippen LogP contribution in [0.4, 0.5) is 10.2 Å². The first-order chi connectivity index (χ1) is 14.3. The van der Waals surface area contributed by atoms with Gasteiger partial charge in [-0.25, -0.2) is 9.18 Å². The predicted molar refractivity (Wildman–Crippen MR) is 105 cm³/mol. The maximum atomic E-state index is 14.8. The third-order valence-electron chi connectivity index (χ3n) is 4.96. The molecule has 0 bridgehead atoms. The third kappa shape index (κ3) is 5.68. The van der Waals surface area contributed by atoms with Crippen molar-refractivity contribution < 1.29 is 23.8 Å². The molecule has 1 fully saturated rings. The molecule has 1 saturated heterocycles. The quantitative estimate of drug-likeness (QED) is 0.179. The second kappa shape index (κ2) is 10.9. The Balaban J connectivity index is 2.10. The molecule has 0 amide bonds. The molecule has 2 rings (SSSR count). The van der Waals surface area contributed by atoms with Crippen molar-refractivity contribution in [3.63, 3.8) is 0 Å². The lowest BCUT2D eigenvalue weighted by Gasteiger charge is -2.29. The van der Waals surface area contributed by atoms with Gasteiger partial charge in [-0.3, -0.25) is 9.36 Å². The topological polar surface area (TPSA) is 165 Å². The van der Waals surface area contributed by atoms with Gasteiger partial charge in [0.25, 0.3) is 0 Å². The number of halogens is 1. The molecule has 12 heteroatoms. The number of carbonyl (C=O) groups excluding carboxylic acids is 1. The molecular formula is C18H27FN6O5. The van der Waals surface area contributed by atoms with Gasteiger partial charge in [-0.2, -0.15) is 4.98 Å². The summed E-state index contributed by atoms with van der Waals surface area (Å²) in [4.78, 5) is 30.2.